The first-order valence-electron chi connectivity index (χ1n) is 5.47. The van der Waals surface area contributed by atoms with Gasteiger partial charge in [0.05, 0.1) is 17.8 Å². The summed E-state index contributed by atoms with van der Waals surface area (Å²) in [6.07, 6.45) is 0. The second kappa shape index (κ2) is 4.73. The van der Waals surface area contributed by atoms with Gasteiger partial charge in [0.25, 0.3) is 5.91 Å². The molecule has 1 saturated heterocycles. The van der Waals surface area contributed by atoms with Gasteiger partial charge in [0, 0.05) is 18.0 Å². The molecule has 19 heavy (non-hydrogen) atoms. The van der Waals surface area contributed by atoms with E-state index in [0.717, 1.165) is 21.4 Å². The Morgan fingerprint density at radius 3 is 2.79 bits per heavy atom. The van der Waals surface area contributed by atoms with Crippen molar-refractivity contribution in [3.05, 3.63) is 28.1 Å². The Balaban J connectivity index is 2.04. The topological polar surface area (TPSA) is 41.6 Å². The van der Waals surface area contributed by atoms with Crippen LogP contribution >= 0.6 is 35.7 Å². The standard InChI is InChI=1S/C12H10N2O2S3/c1-14-7-5-6(16-2)3-4-8(7)18-11(14)9-10(15)13-12(17)19-9/h3-5H,1-2H3,(H,13,15,17)/b11-9-. The average Bonchev–Trinajstić information content (AvgIpc) is 2.89. The molecule has 1 aromatic rings. The maximum Gasteiger partial charge on any atom is 0.266 e. The third-order valence-electron chi connectivity index (χ3n) is 2.85. The number of fused-ring (bicyclic) bond motifs is 1. The van der Waals surface area contributed by atoms with Crippen molar-refractivity contribution >= 4 is 51.7 Å². The van der Waals surface area contributed by atoms with Gasteiger partial charge >= 0.3 is 0 Å². The van der Waals surface area contributed by atoms with Crippen LogP contribution in [-0.4, -0.2) is 24.4 Å². The Kier molecular flexibility index (Phi) is 3.20. The van der Waals surface area contributed by atoms with Crippen LogP contribution in [0.4, 0.5) is 5.69 Å². The molecule has 1 fully saturated rings. The summed E-state index contributed by atoms with van der Waals surface area (Å²) in [5.74, 6) is 0.681. The lowest BCUT2D eigenvalue weighted by Crippen LogP contribution is -2.20. The lowest BCUT2D eigenvalue weighted by Gasteiger charge is -2.15. The molecule has 1 N–H and O–H groups in total. The van der Waals surface area contributed by atoms with Crippen molar-refractivity contribution in [3.63, 3.8) is 0 Å². The molecule has 1 aromatic carbocycles. The van der Waals surface area contributed by atoms with Gasteiger partial charge in [-0.25, -0.2) is 0 Å². The van der Waals surface area contributed by atoms with Crippen molar-refractivity contribution in [2.75, 3.05) is 19.1 Å². The number of rotatable bonds is 1. The molecule has 0 aliphatic carbocycles. The van der Waals surface area contributed by atoms with Crippen LogP contribution in [0.5, 0.6) is 5.75 Å². The molecule has 0 atom stereocenters. The van der Waals surface area contributed by atoms with Gasteiger partial charge < -0.3 is 15.0 Å². The number of carbonyl (C=O) groups is 1. The number of benzene rings is 1. The molecule has 0 saturated carbocycles. The van der Waals surface area contributed by atoms with E-state index < -0.39 is 0 Å². The zero-order valence-corrected chi connectivity index (χ0v) is 12.7. The SMILES string of the molecule is COc1ccc2c(c1)N(C)/C(=C1/SC(=S)NC1=O)S2. The number of hydrogen-bond donors (Lipinski definition) is 1. The summed E-state index contributed by atoms with van der Waals surface area (Å²) in [5, 5.41) is 3.55. The van der Waals surface area contributed by atoms with Crippen LogP contribution in [0.2, 0.25) is 0 Å². The number of nitrogens with one attached hydrogen (secondary N) is 1. The molecule has 2 aliphatic rings. The first-order valence-corrected chi connectivity index (χ1v) is 7.51. The molecule has 7 heteroatoms. The number of anilines is 1. The largest absolute Gasteiger partial charge is 0.497 e. The van der Waals surface area contributed by atoms with Gasteiger partial charge in [-0.1, -0.05) is 35.7 Å². The molecule has 4 nitrogen and oxygen atoms in total. The van der Waals surface area contributed by atoms with E-state index in [2.05, 4.69) is 5.32 Å². The van der Waals surface area contributed by atoms with Crippen LogP contribution in [0.1, 0.15) is 0 Å². The molecule has 0 aromatic heterocycles. The van der Waals surface area contributed by atoms with Gasteiger partial charge in [-0.2, -0.15) is 0 Å². The minimum Gasteiger partial charge on any atom is -0.497 e. The minimum absolute atomic E-state index is 0.121. The summed E-state index contributed by atoms with van der Waals surface area (Å²) in [6.45, 7) is 0. The van der Waals surface area contributed by atoms with Crippen LogP contribution in [-0.2, 0) is 4.79 Å². The smallest absolute Gasteiger partial charge is 0.266 e. The molecule has 0 bridgehead atoms. The normalized spacial score (nSPS) is 21.7. The van der Waals surface area contributed by atoms with E-state index in [-0.39, 0.29) is 5.91 Å². The number of nitrogens with zero attached hydrogens (tertiary/aromatic N) is 1. The number of amides is 1. The molecule has 2 heterocycles. The molecule has 3 rings (SSSR count). The summed E-state index contributed by atoms with van der Waals surface area (Å²) in [4.78, 5) is 15.6. The third-order valence-corrected chi connectivity index (χ3v) is 5.44. The van der Waals surface area contributed by atoms with Crippen molar-refractivity contribution in [1.29, 1.82) is 0 Å². The van der Waals surface area contributed by atoms with Crippen molar-refractivity contribution in [1.82, 2.24) is 5.32 Å². The Morgan fingerprint density at radius 2 is 2.16 bits per heavy atom. The van der Waals surface area contributed by atoms with Gasteiger partial charge in [0.15, 0.2) is 0 Å². The van der Waals surface area contributed by atoms with Crippen LogP contribution in [0, 0.1) is 0 Å². The van der Waals surface area contributed by atoms with Crippen molar-refractivity contribution < 1.29 is 9.53 Å². The van der Waals surface area contributed by atoms with Gasteiger partial charge in [0.1, 0.15) is 15.0 Å². The summed E-state index contributed by atoms with van der Waals surface area (Å²) >= 11 is 7.91. The van der Waals surface area contributed by atoms with E-state index >= 15 is 0 Å². The highest BCUT2D eigenvalue weighted by molar-refractivity contribution is 8.27. The molecular formula is C12H10N2O2S3. The highest BCUT2D eigenvalue weighted by atomic mass is 32.2. The van der Waals surface area contributed by atoms with Gasteiger partial charge in [0.2, 0.25) is 0 Å². The fourth-order valence-corrected chi connectivity index (χ4v) is 4.26. The Labute approximate surface area is 124 Å². The fraction of sp³-hybridized carbons (Fsp3) is 0.167. The van der Waals surface area contributed by atoms with Crippen LogP contribution in [0.15, 0.2) is 33.0 Å². The molecule has 1 amide bonds. The van der Waals surface area contributed by atoms with Crippen molar-refractivity contribution in [2.45, 2.75) is 4.90 Å². The third kappa shape index (κ3) is 2.11. The number of methoxy groups -OCH3 is 1. The quantitative estimate of drug-likeness (QED) is 0.635. The minimum atomic E-state index is -0.121. The van der Waals surface area contributed by atoms with Crippen LogP contribution < -0.4 is 15.0 Å². The predicted molar refractivity (Wildman–Crippen MR) is 82.6 cm³/mol. The second-order valence-electron chi connectivity index (χ2n) is 3.97. The number of hydrogen-bond acceptors (Lipinski definition) is 6. The van der Waals surface area contributed by atoms with Crippen molar-refractivity contribution in [3.8, 4) is 5.75 Å². The van der Waals surface area contributed by atoms with E-state index in [0.29, 0.717) is 9.23 Å². The highest BCUT2D eigenvalue weighted by Crippen LogP contribution is 2.49. The molecule has 0 spiro atoms. The zero-order chi connectivity index (χ0) is 13.6. The summed E-state index contributed by atoms with van der Waals surface area (Å²) in [6, 6.07) is 5.88. The number of thioether (sulfide) groups is 2. The van der Waals surface area contributed by atoms with E-state index in [9.17, 15) is 4.79 Å². The number of ether oxygens (including phenoxy) is 1. The first kappa shape index (κ1) is 12.8. The number of thiocarbonyl (C=S) groups is 1. The van der Waals surface area contributed by atoms with Gasteiger partial charge in [-0.15, -0.1) is 0 Å². The first-order chi connectivity index (χ1) is 9.10. The Hall–Kier alpha value is -1.18. The maximum atomic E-state index is 11.8. The second-order valence-corrected chi connectivity index (χ2v) is 6.69. The fourth-order valence-electron chi connectivity index (χ4n) is 1.91. The summed E-state index contributed by atoms with van der Waals surface area (Å²) in [7, 11) is 3.58. The molecule has 0 unspecified atom stereocenters. The molecular weight excluding hydrogens is 300 g/mol. The summed E-state index contributed by atoms with van der Waals surface area (Å²) in [5.41, 5.74) is 1.04. The van der Waals surface area contributed by atoms with E-state index in [4.69, 9.17) is 17.0 Å². The molecule has 2 aliphatic heterocycles. The average molecular weight is 310 g/mol. The lowest BCUT2D eigenvalue weighted by molar-refractivity contribution is -0.115. The van der Waals surface area contributed by atoms with Crippen LogP contribution in [0.25, 0.3) is 0 Å². The molecule has 98 valence electrons. The zero-order valence-electron chi connectivity index (χ0n) is 10.2. The predicted octanol–water partition coefficient (Wildman–Crippen LogP) is 2.55. The van der Waals surface area contributed by atoms with Crippen LogP contribution in [0.3, 0.4) is 0 Å². The Morgan fingerprint density at radius 1 is 1.37 bits per heavy atom. The van der Waals surface area contributed by atoms with E-state index in [1.165, 1.54) is 11.8 Å². The van der Waals surface area contributed by atoms with Gasteiger partial charge in [-0.3, -0.25) is 4.79 Å². The van der Waals surface area contributed by atoms with Crippen molar-refractivity contribution in [2.24, 2.45) is 0 Å². The molecule has 0 radical (unpaired) electrons. The Bertz CT molecular complexity index is 627. The van der Waals surface area contributed by atoms with Gasteiger partial charge in [-0.05, 0) is 12.1 Å². The van der Waals surface area contributed by atoms with E-state index in [1.807, 2.05) is 30.1 Å². The lowest BCUT2D eigenvalue weighted by atomic mass is 10.3. The highest BCUT2D eigenvalue weighted by Gasteiger charge is 2.33. The number of carbonyl (C=O) groups excluding carboxylic acids is 1. The van der Waals surface area contributed by atoms with E-state index in [1.54, 1.807) is 18.9 Å². The maximum absolute atomic E-state index is 11.8. The monoisotopic (exact) mass is 310 g/mol. The summed E-state index contributed by atoms with van der Waals surface area (Å²) < 4.78 is 5.74.